The van der Waals surface area contributed by atoms with Crippen molar-refractivity contribution in [1.82, 2.24) is 25.5 Å². The minimum absolute atomic E-state index is 0.132. The van der Waals surface area contributed by atoms with Crippen molar-refractivity contribution < 1.29 is 29.1 Å². The van der Waals surface area contributed by atoms with Crippen LogP contribution in [0.2, 0.25) is 0 Å². The van der Waals surface area contributed by atoms with Crippen molar-refractivity contribution in [2.75, 3.05) is 13.1 Å². The Morgan fingerprint density at radius 2 is 2.07 bits per heavy atom. The summed E-state index contributed by atoms with van der Waals surface area (Å²) in [5.74, 6) is -3.99. The lowest BCUT2D eigenvalue weighted by Crippen LogP contribution is -2.56. The Labute approximate surface area is 171 Å². The number of amides is 4. The number of carboxylic acids is 1. The predicted octanol–water partition coefficient (Wildman–Crippen LogP) is -3.17. The summed E-state index contributed by atoms with van der Waals surface area (Å²) < 4.78 is 0. The molecule has 8 N–H and O–H groups in total. The molecular weight excluding hydrogens is 398 g/mol. The van der Waals surface area contributed by atoms with Crippen molar-refractivity contribution in [1.29, 1.82) is 0 Å². The normalized spacial score (nSPS) is 17.8. The van der Waals surface area contributed by atoms with Crippen LogP contribution in [0.25, 0.3) is 0 Å². The molecule has 1 aromatic heterocycles. The number of primary amides is 1. The second kappa shape index (κ2) is 10.3. The lowest BCUT2D eigenvalue weighted by Gasteiger charge is -2.28. The van der Waals surface area contributed by atoms with Crippen LogP contribution in [0.15, 0.2) is 12.5 Å². The van der Waals surface area contributed by atoms with Crippen LogP contribution in [0.3, 0.4) is 0 Å². The van der Waals surface area contributed by atoms with E-state index >= 15 is 0 Å². The maximum absolute atomic E-state index is 13.0. The molecule has 3 unspecified atom stereocenters. The molecule has 0 spiro atoms. The first kappa shape index (κ1) is 22.8. The topological polar surface area (TPSA) is 214 Å². The Balaban J connectivity index is 2.06. The number of nitrogens with two attached hydrogens (primary N) is 2. The fourth-order valence-electron chi connectivity index (χ4n) is 3.19. The second-order valence-electron chi connectivity index (χ2n) is 6.92. The minimum atomic E-state index is -1.30. The van der Waals surface area contributed by atoms with Crippen LogP contribution < -0.4 is 22.1 Å². The number of hydrogen-bond donors (Lipinski definition) is 6. The summed E-state index contributed by atoms with van der Waals surface area (Å²) in [7, 11) is 0. The van der Waals surface area contributed by atoms with E-state index in [2.05, 4.69) is 20.6 Å². The van der Waals surface area contributed by atoms with Gasteiger partial charge in [-0.2, -0.15) is 0 Å². The molecule has 2 heterocycles. The third-order valence-electron chi connectivity index (χ3n) is 4.60. The average Bonchev–Trinajstić information content (AvgIpc) is 3.36. The van der Waals surface area contributed by atoms with Gasteiger partial charge in [0.2, 0.25) is 23.6 Å². The first-order valence-corrected chi connectivity index (χ1v) is 9.30. The summed E-state index contributed by atoms with van der Waals surface area (Å²) >= 11 is 0. The number of carboxylic acid groups (broad SMARTS) is 1. The van der Waals surface area contributed by atoms with Gasteiger partial charge in [-0.15, -0.1) is 0 Å². The number of aromatic amines is 1. The molecule has 13 heteroatoms. The number of rotatable bonds is 10. The lowest BCUT2D eigenvalue weighted by atomic mass is 10.1. The molecule has 30 heavy (non-hydrogen) atoms. The van der Waals surface area contributed by atoms with Gasteiger partial charge < -0.3 is 37.1 Å². The van der Waals surface area contributed by atoms with E-state index in [4.69, 9.17) is 16.6 Å². The highest BCUT2D eigenvalue weighted by atomic mass is 16.4. The van der Waals surface area contributed by atoms with Crippen LogP contribution in [0.5, 0.6) is 0 Å². The van der Waals surface area contributed by atoms with Gasteiger partial charge in [0, 0.05) is 24.9 Å². The number of nitrogens with zero attached hydrogens (tertiary/aromatic N) is 2. The van der Waals surface area contributed by atoms with Crippen LogP contribution in [-0.2, 0) is 30.4 Å². The molecule has 13 nitrogen and oxygen atoms in total. The summed E-state index contributed by atoms with van der Waals surface area (Å²) in [5.41, 5.74) is 11.7. The number of aromatic nitrogens is 2. The number of nitrogens with one attached hydrogen (secondary N) is 3. The van der Waals surface area contributed by atoms with Crippen LogP contribution in [-0.4, -0.2) is 80.8 Å². The van der Waals surface area contributed by atoms with Gasteiger partial charge in [0.25, 0.3) is 0 Å². The van der Waals surface area contributed by atoms with Gasteiger partial charge in [-0.05, 0) is 12.8 Å². The monoisotopic (exact) mass is 423 g/mol. The van der Waals surface area contributed by atoms with E-state index in [-0.39, 0.29) is 13.0 Å². The van der Waals surface area contributed by atoms with Gasteiger partial charge in [0.15, 0.2) is 0 Å². The van der Waals surface area contributed by atoms with Crippen molar-refractivity contribution in [2.24, 2.45) is 11.5 Å². The molecule has 0 bridgehead atoms. The highest BCUT2D eigenvalue weighted by Gasteiger charge is 2.38. The lowest BCUT2D eigenvalue weighted by molar-refractivity contribution is -0.143. The fourth-order valence-corrected chi connectivity index (χ4v) is 3.19. The molecule has 0 aromatic carbocycles. The van der Waals surface area contributed by atoms with Crippen LogP contribution in [0.1, 0.15) is 25.0 Å². The molecule has 1 fully saturated rings. The summed E-state index contributed by atoms with van der Waals surface area (Å²) in [4.78, 5) is 67.6. The van der Waals surface area contributed by atoms with E-state index < -0.39 is 60.7 Å². The van der Waals surface area contributed by atoms with E-state index in [1.54, 1.807) is 0 Å². The highest BCUT2D eigenvalue weighted by Crippen LogP contribution is 2.19. The molecular formula is C17H25N7O6. The Hall–Kier alpha value is -3.48. The van der Waals surface area contributed by atoms with Crippen LogP contribution in [0.4, 0.5) is 0 Å². The molecule has 2 rings (SSSR count). The molecule has 1 saturated heterocycles. The largest absolute Gasteiger partial charge is 0.480 e. The Morgan fingerprint density at radius 3 is 2.67 bits per heavy atom. The van der Waals surface area contributed by atoms with E-state index in [1.807, 2.05) is 0 Å². The van der Waals surface area contributed by atoms with Crippen molar-refractivity contribution in [3.63, 3.8) is 0 Å². The van der Waals surface area contributed by atoms with Gasteiger partial charge >= 0.3 is 5.97 Å². The van der Waals surface area contributed by atoms with Crippen molar-refractivity contribution in [2.45, 2.75) is 43.8 Å². The van der Waals surface area contributed by atoms with Gasteiger partial charge in [0.05, 0.1) is 18.8 Å². The summed E-state index contributed by atoms with van der Waals surface area (Å²) in [6.07, 6.45) is 3.43. The first-order chi connectivity index (χ1) is 14.2. The number of carbonyl (C=O) groups is 5. The maximum Gasteiger partial charge on any atom is 0.322 e. The number of hydrogen-bond acceptors (Lipinski definition) is 7. The fraction of sp³-hybridized carbons (Fsp3) is 0.529. The zero-order valence-electron chi connectivity index (χ0n) is 16.2. The van der Waals surface area contributed by atoms with Gasteiger partial charge in [-0.3, -0.25) is 24.0 Å². The van der Waals surface area contributed by atoms with E-state index in [0.717, 1.165) is 0 Å². The minimum Gasteiger partial charge on any atom is -0.480 e. The number of aliphatic carboxylic acids is 1. The third-order valence-corrected chi connectivity index (χ3v) is 4.60. The van der Waals surface area contributed by atoms with E-state index in [9.17, 15) is 24.0 Å². The highest BCUT2D eigenvalue weighted by molar-refractivity contribution is 5.96. The summed E-state index contributed by atoms with van der Waals surface area (Å²) in [6.45, 7) is -0.364. The number of carbonyl (C=O) groups excluding carboxylic acids is 4. The zero-order chi connectivity index (χ0) is 22.3. The first-order valence-electron chi connectivity index (χ1n) is 9.30. The van der Waals surface area contributed by atoms with E-state index in [0.29, 0.717) is 18.5 Å². The second-order valence-corrected chi connectivity index (χ2v) is 6.92. The molecule has 0 radical (unpaired) electrons. The summed E-state index contributed by atoms with van der Waals surface area (Å²) in [5, 5.41) is 13.4. The number of imidazole rings is 1. The SMILES string of the molecule is NC(=O)CC(NC(=O)C(N)Cc1cnc[nH]1)C(=O)N1CCCC1C(=O)NCC(=O)O. The molecule has 4 amide bonds. The molecule has 1 aliphatic rings. The molecule has 1 aliphatic heterocycles. The number of likely N-dealkylation sites (tertiary alicyclic amines) is 1. The van der Waals surface area contributed by atoms with Gasteiger partial charge in [-0.25, -0.2) is 4.98 Å². The maximum atomic E-state index is 13.0. The zero-order valence-corrected chi connectivity index (χ0v) is 16.2. The van der Waals surface area contributed by atoms with Crippen molar-refractivity contribution in [3.8, 4) is 0 Å². The molecule has 0 aliphatic carbocycles. The molecule has 0 saturated carbocycles. The van der Waals surface area contributed by atoms with E-state index in [1.165, 1.54) is 17.4 Å². The smallest absolute Gasteiger partial charge is 0.322 e. The van der Waals surface area contributed by atoms with Crippen molar-refractivity contribution in [3.05, 3.63) is 18.2 Å². The van der Waals surface area contributed by atoms with Gasteiger partial charge in [-0.1, -0.05) is 0 Å². The Kier molecular flexibility index (Phi) is 7.86. The van der Waals surface area contributed by atoms with Crippen LogP contribution >= 0.6 is 0 Å². The summed E-state index contributed by atoms with van der Waals surface area (Å²) in [6, 6.07) is -3.21. The Bertz CT molecular complexity index is 797. The quantitative estimate of drug-likeness (QED) is 0.225. The van der Waals surface area contributed by atoms with Crippen LogP contribution in [0, 0.1) is 0 Å². The standard InChI is InChI=1S/C17H25N7O6/c18-10(4-9-6-20-8-22-9)15(28)23-11(5-13(19)25)17(30)24-3-1-2-12(24)16(29)21-7-14(26)27/h6,8,10-12H,1-5,7,18H2,(H2,19,25)(H,20,22)(H,21,29)(H,23,28)(H,26,27). The third kappa shape index (κ3) is 6.27. The van der Waals surface area contributed by atoms with Crippen molar-refractivity contribution >= 4 is 29.6 Å². The average molecular weight is 423 g/mol. The molecule has 164 valence electrons. The Morgan fingerprint density at radius 1 is 1.33 bits per heavy atom. The predicted molar refractivity (Wildman–Crippen MR) is 101 cm³/mol. The molecule has 3 atom stereocenters. The number of H-pyrrole nitrogens is 1. The molecule has 1 aromatic rings. The van der Waals surface area contributed by atoms with Gasteiger partial charge in [0.1, 0.15) is 18.6 Å².